The Morgan fingerprint density at radius 1 is 0.730 bits per heavy atom. The Bertz CT molecular complexity index is 2590. The van der Waals surface area contributed by atoms with E-state index in [0.717, 1.165) is 21.8 Å². The van der Waals surface area contributed by atoms with Crippen molar-refractivity contribution >= 4 is 80.1 Å². The first-order chi connectivity index (χ1) is 29.4. The maximum Gasteiger partial charge on any atom is 0.330 e. The number of halogens is 4. The fourth-order valence-corrected chi connectivity index (χ4v) is 8.35. The van der Waals surface area contributed by atoms with Gasteiger partial charge < -0.3 is 23.8 Å². The van der Waals surface area contributed by atoms with Crippen molar-refractivity contribution in [2.45, 2.75) is 71.2 Å². The van der Waals surface area contributed by atoms with E-state index < -0.39 is 40.0 Å². The third-order valence-electron chi connectivity index (χ3n) is 9.75. The Hall–Kier alpha value is -3.30. The third kappa shape index (κ3) is 13.6. The molecule has 0 saturated carbocycles. The number of nitrogens with zero attached hydrogens (tertiary/aromatic N) is 4. The van der Waals surface area contributed by atoms with Crippen LogP contribution < -0.4 is 33.9 Å². The van der Waals surface area contributed by atoms with E-state index in [1.54, 1.807) is 39.1 Å². The lowest BCUT2D eigenvalue weighted by Crippen LogP contribution is -2.45. The topological polar surface area (TPSA) is 216 Å². The molecular weight excluding hydrogens is 1090 g/mol. The molecule has 4 aromatic rings. The Balaban J connectivity index is 0.000000235. The van der Waals surface area contributed by atoms with Gasteiger partial charge in [0.25, 0.3) is 17.0 Å². The number of Topliss-reactive ketones (excluding diaryl/α,β-unsaturated/α-hetero) is 1. The van der Waals surface area contributed by atoms with E-state index in [0.29, 0.717) is 41.1 Å². The van der Waals surface area contributed by atoms with E-state index in [1.165, 1.54) is 37.2 Å². The van der Waals surface area contributed by atoms with Crippen LogP contribution in [0.5, 0.6) is 0 Å². The molecule has 63 heavy (non-hydrogen) atoms. The van der Waals surface area contributed by atoms with Crippen LogP contribution in [-0.4, -0.2) is 80.2 Å². The first-order valence-electron chi connectivity index (χ1n) is 19.2. The molecule has 2 aromatic carbocycles. The summed E-state index contributed by atoms with van der Waals surface area (Å²) in [5.41, 5.74) is 1.86. The number of benzene rings is 2. The molecule has 2 atom stereocenters. The van der Waals surface area contributed by atoms with Crippen molar-refractivity contribution in [3.05, 3.63) is 129 Å². The summed E-state index contributed by atoms with van der Waals surface area (Å²) in [6.07, 6.45) is -0.0102. The molecule has 6 rings (SSSR count). The fourth-order valence-electron chi connectivity index (χ4n) is 6.51. The molecule has 2 aliphatic heterocycles. The highest BCUT2D eigenvalue weighted by Gasteiger charge is 2.34. The largest absolute Gasteiger partial charge is 0.348 e. The predicted octanol–water partition coefficient (Wildman–Crippen LogP) is 3.91. The van der Waals surface area contributed by atoms with E-state index in [-0.39, 0.29) is 54.3 Å². The highest BCUT2D eigenvalue weighted by Crippen LogP contribution is 2.25. The zero-order valence-corrected chi connectivity index (χ0v) is 42.0. The normalized spacial score (nSPS) is 17.4. The van der Waals surface area contributed by atoms with Gasteiger partial charge in [0, 0.05) is 69.6 Å². The number of hydroxylamine groups is 1. The zero-order chi connectivity index (χ0) is 47.1. The van der Waals surface area contributed by atoms with Gasteiger partial charge in [-0.1, -0.05) is 35.3 Å². The monoisotopic (exact) mass is 1140 g/mol. The van der Waals surface area contributed by atoms with Crippen LogP contribution in [0.4, 0.5) is 0 Å². The van der Waals surface area contributed by atoms with Crippen LogP contribution in [0.1, 0.15) is 77.8 Å². The average molecular weight is 1140 g/mol. The Morgan fingerprint density at radius 2 is 1.14 bits per heavy atom. The van der Waals surface area contributed by atoms with Gasteiger partial charge in [0.2, 0.25) is 0 Å². The number of ether oxygens (including phenoxy) is 4. The summed E-state index contributed by atoms with van der Waals surface area (Å²) < 4.78 is 28.0. The standard InChI is InChI=1S/C20H23ClIN3O6.C15H14ClIN2O3.C6H13NO3/c1-20(2)29-9-13(31-20)10-30-23-17(26)16-15(24(3)19(28)25(4)18(16)27)7-11-5-6-12(22)8-14(11)21;1-8(20)13-12(18(2)15(22)19(3)14(13)21)6-9-4-5-10(17)7-11(9)16;1-6(2)8-3-5(10-6)4-9-7/h5-6,8,13H,7,9-10H2,1-4H3,(H,23,26);4-5,7H,6H2,1-3H3;5H,3-4,7H2,1-2H3/t13-;;5-/m1.1/s1. The van der Waals surface area contributed by atoms with E-state index in [1.807, 2.05) is 32.0 Å². The Morgan fingerprint density at radius 3 is 1.52 bits per heavy atom. The molecule has 0 bridgehead atoms. The van der Waals surface area contributed by atoms with E-state index in [2.05, 4.69) is 55.5 Å². The maximum atomic E-state index is 12.9. The van der Waals surface area contributed by atoms with Crippen LogP contribution >= 0.6 is 68.4 Å². The average Bonchev–Trinajstić information content (AvgIpc) is 3.74. The van der Waals surface area contributed by atoms with Crippen LogP contribution in [0, 0.1) is 7.14 Å². The van der Waals surface area contributed by atoms with Crippen molar-refractivity contribution in [1.82, 2.24) is 23.7 Å². The maximum absolute atomic E-state index is 12.9. The number of nitrogens with one attached hydrogen (secondary N) is 1. The number of carbonyl (C=O) groups excluding carboxylic acids is 2. The summed E-state index contributed by atoms with van der Waals surface area (Å²) in [7, 11) is 5.72. The number of amides is 1. The fraction of sp³-hybridized carbons (Fsp3) is 0.463. The van der Waals surface area contributed by atoms with Gasteiger partial charge in [-0.2, -0.15) is 0 Å². The van der Waals surface area contributed by atoms with Crippen molar-refractivity contribution < 1.29 is 38.2 Å². The minimum atomic E-state index is -0.758. The molecular formula is C41H50Cl2I2N6O12. The lowest BCUT2D eigenvalue weighted by molar-refractivity contribution is -0.147. The molecule has 22 heteroatoms. The van der Waals surface area contributed by atoms with Gasteiger partial charge in [0.1, 0.15) is 29.9 Å². The molecule has 18 nitrogen and oxygen atoms in total. The number of hydrogen-bond donors (Lipinski definition) is 2. The molecule has 2 saturated heterocycles. The van der Waals surface area contributed by atoms with Gasteiger partial charge in [-0.05, 0) is 115 Å². The number of hydrogen-bond acceptors (Lipinski definition) is 13. The number of nitrogens with two attached hydrogens (primary N) is 1. The molecule has 0 spiro atoms. The lowest BCUT2D eigenvalue weighted by Gasteiger charge is -2.18. The minimum absolute atomic E-state index is 0.0139. The first kappa shape index (κ1) is 52.3. The zero-order valence-electron chi connectivity index (χ0n) is 36.1. The van der Waals surface area contributed by atoms with E-state index in [9.17, 15) is 28.8 Å². The first-order valence-corrected chi connectivity index (χ1v) is 22.1. The molecule has 4 heterocycles. The van der Waals surface area contributed by atoms with Crippen molar-refractivity contribution in [2.24, 2.45) is 34.1 Å². The molecule has 0 aliphatic carbocycles. The van der Waals surface area contributed by atoms with Gasteiger partial charge in [-0.25, -0.2) is 21.0 Å². The van der Waals surface area contributed by atoms with Crippen molar-refractivity contribution in [1.29, 1.82) is 0 Å². The Kier molecular flexibility index (Phi) is 18.5. The SMILES string of the molecule is CC(=O)c1c(Cc2ccc(I)cc2Cl)n(C)c(=O)n(C)c1=O.CC1(C)OC[C@H](CON)O1.Cn1c(Cc2ccc(I)cc2Cl)c(C(=O)NOC[C@H]2COC(C)(C)O2)c(=O)n(C)c1=O. The molecule has 0 unspecified atom stereocenters. The van der Waals surface area contributed by atoms with Crippen LogP contribution in [0.15, 0.2) is 55.6 Å². The van der Waals surface area contributed by atoms with Gasteiger partial charge in [0.15, 0.2) is 17.4 Å². The van der Waals surface area contributed by atoms with Crippen molar-refractivity contribution in [2.75, 3.05) is 26.4 Å². The minimum Gasteiger partial charge on any atom is -0.348 e. The van der Waals surface area contributed by atoms with Gasteiger partial charge >= 0.3 is 11.4 Å². The Labute approximate surface area is 400 Å². The number of carbonyl (C=O) groups is 2. The summed E-state index contributed by atoms with van der Waals surface area (Å²) in [6.45, 7) is 9.92. The van der Waals surface area contributed by atoms with Crippen LogP contribution in [-0.2, 0) is 69.7 Å². The third-order valence-corrected chi connectivity index (χ3v) is 11.8. The van der Waals surface area contributed by atoms with Gasteiger partial charge in [0.05, 0.1) is 19.8 Å². The number of rotatable bonds is 11. The summed E-state index contributed by atoms with van der Waals surface area (Å²) in [5, 5.41) is 1.01. The molecule has 344 valence electrons. The van der Waals surface area contributed by atoms with Crippen LogP contribution in [0.25, 0.3) is 0 Å². The summed E-state index contributed by atoms with van der Waals surface area (Å²) in [5.74, 6) is 2.55. The summed E-state index contributed by atoms with van der Waals surface area (Å²) in [6, 6.07) is 10.9. The molecule has 2 aliphatic rings. The van der Waals surface area contributed by atoms with Gasteiger partial charge in [-0.3, -0.25) is 42.3 Å². The van der Waals surface area contributed by atoms with Crippen molar-refractivity contribution in [3.8, 4) is 0 Å². The van der Waals surface area contributed by atoms with E-state index in [4.69, 9.17) is 52.9 Å². The summed E-state index contributed by atoms with van der Waals surface area (Å²) >= 11 is 16.8. The van der Waals surface area contributed by atoms with Crippen molar-refractivity contribution in [3.63, 3.8) is 0 Å². The van der Waals surface area contributed by atoms with Crippen LogP contribution in [0.2, 0.25) is 10.0 Å². The van der Waals surface area contributed by atoms with E-state index >= 15 is 0 Å². The molecule has 2 aromatic heterocycles. The number of aromatic nitrogens is 4. The molecule has 3 N–H and O–H groups in total. The number of ketones is 1. The summed E-state index contributed by atoms with van der Waals surface area (Å²) in [4.78, 5) is 84.0. The second-order valence-corrected chi connectivity index (χ2v) is 18.7. The molecule has 2 fully saturated rings. The quantitative estimate of drug-likeness (QED) is 0.124. The second kappa shape index (κ2) is 22.3. The van der Waals surface area contributed by atoms with Crippen LogP contribution in [0.3, 0.4) is 0 Å². The molecule has 1 amide bonds. The molecule has 0 radical (unpaired) electrons. The van der Waals surface area contributed by atoms with Gasteiger partial charge in [-0.15, -0.1) is 0 Å². The second-order valence-electron chi connectivity index (χ2n) is 15.4. The smallest absolute Gasteiger partial charge is 0.330 e. The predicted molar refractivity (Wildman–Crippen MR) is 251 cm³/mol. The highest BCUT2D eigenvalue weighted by molar-refractivity contribution is 14.1. The highest BCUT2D eigenvalue weighted by atomic mass is 127. The lowest BCUT2D eigenvalue weighted by atomic mass is 10.0.